The van der Waals surface area contributed by atoms with E-state index in [1.54, 1.807) is 0 Å². The van der Waals surface area contributed by atoms with Crippen LogP contribution in [-0.4, -0.2) is 39.5 Å². The molecule has 2 saturated heterocycles. The standard InChI is InChI=1S/C16H31NO2/c1-14(2)12-17-13-16(5-9-19-10-6-16)11-15-3-7-18-8-4-15/h14-15,17H,3-13H2,1-2H3. The van der Waals surface area contributed by atoms with Gasteiger partial charge in [-0.2, -0.15) is 0 Å². The molecule has 0 aliphatic carbocycles. The van der Waals surface area contributed by atoms with Crippen LogP contribution in [0.15, 0.2) is 0 Å². The third kappa shape index (κ3) is 5.05. The highest BCUT2D eigenvalue weighted by Crippen LogP contribution is 2.39. The van der Waals surface area contributed by atoms with E-state index >= 15 is 0 Å². The zero-order valence-corrected chi connectivity index (χ0v) is 12.7. The molecule has 0 atom stereocenters. The molecule has 0 spiro atoms. The summed E-state index contributed by atoms with van der Waals surface area (Å²) in [4.78, 5) is 0. The van der Waals surface area contributed by atoms with E-state index in [0.29, 0.717) is 5.41 Å². The summed E-state index contributed by atoms with van der Waals surface area (Å²) >= 11 is 0. The van der Waals surface area contributed by atoms with E-state index < -0.39 is 0 Å². The van der Waals surface area contributed by atoms with Gasteiger partial charge in [0.2, 0.25) is 0 Å². The van der Waals surface area contributed by atoms with Gasteiger partial charge in [-0.25, -0.2) is 0 Å². The van der Waals surface area contributed by atoms with Gasteiger partial charge in [0.1, 0.15) is 0 Å². The Bertz CT molecular complexity index is 243. The van der Waals surface area contributed by atoms with E-state index in [4.69, 9.17) is 9.47 Å². The molecule has 112 valence electrons. The second kappa shape index (κ2) is 7.61. The summed E-state index contributed by atoms with van der Waals surface area (Å²) in [7, 11) is 0. The van der Waals surface area contributed by atoms with Crippen LogP contribution in [-0.2, 0) is 9.47 Å². The Hall–Kier alpha value is -0.120. The Morgan fingerprint density at radius 2 is 1.68 bits per heavy atom. The maximum Gasteiger partial charge on any atom is 0.0471 e. The predicted octanol–water partition coefficient (Wildman–Crippen LogP) is 2.85. The Morgan fingerprint density at radius 3 is 2.32 bits per heavy atom. The average Bonchev–Trinajstić information content (AvgIpc) is 2.40. The topological polar surface area (TPSA) is 30.5 Å². The molecule has 0 bridgehead atoms. The van der Waals surface area contributed by atoms with Gasteiger partial charge in [-0.05, 0) is 55.9 Å². The highest BCUT2D eigenvalue weighted by atomic mass is 16.5. The lowest BCUT2D eigenvalue weighted by atomic mass is 9.71. The van der Waals surface area contributed by atoms with E-state index in [-0.39, 0.29) is 0 Å². The normalized spacial score (nSPS) is 24.8. The van der Waals surface area contributed by atoms with Crippen LogP contribution >= 0.6 is 0 Å². The number of rotatable bonds is 6. The number of hydrogen-bond donors (Lipinski definition) is 1. The average molecular weight is 269 g/mol. The molecule has 2 fully saturated rings. The molecule has 0 unspecified atom stereocenters. The van der Waals surface area contributed by atoms with E-state index in [2.05, 4.69) is 19.2 Å². The summed E-state index contributed by atoms with van der Waals surface area (Å²) in [5, 5.41) is 3.70. The van der Waals surface area contributed by atoms with Gasteiger partial charge in [-0.15, -0.1) is 0 Å². The van der Waals surface area contributed by atoms with Crippen molar-refractivity contribution in [1.29, 1.82) is 0 Å². The largest absolute Gasteiger partial charge is 0.381 e. The molecule has 2 rings (SSSR count). The smallest absolute Gasteiger partial charge is 0.0471 e. The van der Waals surface area contributed by atoms with E-state index in [9.17, 15) is 0 Å². The van der Waals surface area contributed by atoms with Crippen LogP contribution in [0.3, 0.4) is 0 Å². The highest BCUT2D eigenvalue weighted by molar-refractivity contribution is 4.87. The second-order valence-electron chi connectivity index (χ2n) is 6.90. The molecule has 0 saturated carbocycles. The van der Waals surface area contributed by atoms with Crippen molar-refractivity contribution in [2.75, 3.05) is 39.5 Å². The van der Waals surface area contributed by atoms with Crippen molar-refractivity contribution in [3.8, 4) is 0 Å². The number of hydrogen-bond acceptors (Lipinski definition) is 3. The molecule has 0 amide bonds. The van der Waals surface area contributed by atoms with Crippen molar-refractivity contribution in [3.63, 3.8) is 0 Å². The molecule has 0 radical (unpaired) electrons. The third-order valence-electron chi connectivity index (χ3n) is 4.67. The summed E-state index contributed by atoms with van der Waals surface area (Å²) in [6, 6.07) is 0. The Balaban J connectivity index is 1.85. The molecule has 0 aromatic rings. The van der Waals surface area contributed by atoms with Crippen LogP contribution in [0, 0.1) is 17.3 Å². The van der Waals surface area contributed by atoms with Crippen molar-refractivity contribution in [2.45, 2.75) is 46.0 Å². The van der Waals surface area contributed by atoms with Gasteiger partial charge in [0, 0.05) is 33.0 Å². The fourth-order valence-electron chi connectivity index (χ4n) is 3.45. The van der Waals surface area contributed by atoms with E-state index in [0.717, 1.165) is 44.8 Å². The summed E-state index contributed by atoms with van der Waals surface area (Å²) in [6.45, 7) is 10.7. The predicted molar refractivity (Wildman–Crippen MR) is 78.4 cm³/mol. The summed E-state index contributed by atoms with van der Waals surface area (Å²) in [6.07, 6.45) is 6.34. The number of ether oxygens (including phenoxy) is 2. The zero-order valence-electron chi connectivity index (χ0n) is 12.7. The maximum atomic E-state index is 5.59. The third-order valence-corrected chi connectivity index (χ3v) is 4.67. The first kappa shape index (κ1) is 15.3. The van der Waals surface area contributed by atoms with Crippen LogP contribution in [0.4, 0.5) is 0 Å². The van der Waals surface area contributed by atoms with Gasteiger partial charge in [-0.3, -0.25) is 0 Å². The van der Waals surface area contributed by atoms with Crippen LogP contribution in [0.25, 0.3) is 0 Å². The first-order valence-electron chi connectivity index (χ1n) is 8.06. The van der Waals surface area contributed by atoms with Crippen molar-refractivity contribution in [3.05, 3.63) is 0 Å². The minimum Gasteiger partial charge on any atom is -0.381 e. The SMILES string of the molecule is CC(C)CNCC1(CC2CCOCC2)CCOCC1. The van der Waals surface area contributed by atoms with Crippen LogP contribution in [0.2, 0.25) is 0 Å². The summed E-state index contributed by atoms with van der Waals surface area (Å²) in [5.41, 5.74) is 0.481. The first-order valence-corrected chi connectivity index (χ1v) is 8.06. The van der Waals surface area contributed by atoms with Crippen molar-refractivity contribution in [1.82, 2.24) is 5.32 Å². The molecule has 0 aromatic carbocycles. The molecule has 1 N–H and O–H groups in total. The molecule has 0 aromatic heterocycles. The van der Waals surface area contributed by atoms with E-state index in [1.165, 1.54) is 38.6 Å². The van der Waals surface area contributed by atoms with Gasteiger partial charge >= 0.3 is 0 Å². The molecule has 2 aliphatic heterocycles. The quantitative estimate of drug-likeness (QED) is 0.804. The minimum absolute atomic E-state index is 0.481. The molecule has 2 heterocycles. The summed E-state index contributed by atoms with van der Waals surface area (Å²) < 4.78 is 11.1. The van der Waals surface area contributed by atoms with Gasteiger partial charge in [0.25, 0.3) is 0 Å². The highest BCUT2D eigenvalue weighted by Gasteiger charge is 2.35. The van der Waals surface area contributed by atoms with Crippen molar-refractivity contribution >= 4 is 0 Å². The maximum absolute atomic E-state index is 5.59. The monoisotopic (exact) mass is 269 g/mol. The van der Waals surface area contributed by atoms with Crippen LogP contribution in [0.5, 0.6) is 0 Å². The lowest BCUT2D eigenvalue weighted by Crippen LogP contribution is -2.42. The Morgan fingerprint density at radius 1 is 1.05 bits per heavy atom. The lowest BCUT2D eigenvalue weighted by molar-refractivity contribution is -0.0138. The van der Waals surface area contributed by atoms with Gasteiger partial charge in [0.15, 0.2) is 0 Å². The Labute approximate surface area is 118 Å². The van der Waals surface area contributed by atoms with Gasteiger partial charge in [-0.1, -0.05) is 13.8 Å². The van der Waals surface area contributed by atoms with Gasteiger partial charge < -0.3 is 14.8 Å². The molecular formula is C16H31NO2. The van der Waals surface area contributed by atoms with Crippen LogP contribution < -0.4 is 5.32 Å². The first-order chi connectivity index (χ1) is 9.20. The molecule has 2 aliphatic rings. The lowest BCUT2D eigenvalue weighted by Gasteiger charge is -2.41. The van der Waals surface area contributed by atoms with E-state index in [1.807, 2.05) is 0 Å². The fraction of sp³-hybridized carbons (Fsp3) is 1.00. The summed E-state index contributed by atoms with van der Waals surface area (Å²) in [5.74, 6) is 1.60. The van der Waals surface area contributed by atoms with Crippen molar-refractivity contribution in [2.24, 2.45) is 17.3 Å². The van der Waals surface area contributed by atoms with Crippen molar-refractivity contribution < 1.29 is 9.47 Å². The zero-order chi connectivity index (χ0) is 13.6. The second-order valence-corrected chi connectivity index (χ2v) is 6.90. The molecule has 3 nitrogen and oxygen atoms in total. The number of nitrogens with one attached hydrogen (secondary N) is 1. The molecule has 19 heavy (non-hydrogen) atoms. The van der Waals surface area contributed by atoms with Gasteiger partial charge in [0.05, 0.1) is 0 Å². The fourth-order valence-corrected chi connectivity index (χ4v) is 3.45. The molecule has 3 heteroatoms. The molecular weight excluding hydrogens is 238 g/mol. The minimum atomic E-state index is 0.481. The van der Waals surface area contributed by atoms with Crippen LogP contribution in [0.1, 0.15) is 46.0 Å². The Kier molecular flexibility index (Phi) is 6.11.